The number of amides is 1. The summed E-state index contributed by atoms with van der Waals surface area (Å²) in [5, 5.41) is 3.25. The fraction of sp³-hybridized carbons (Fsp3) is 0.389. The summed E-state index contributed by atoms with van der Waals surface area (Å²) in [6, 6.07) is 6.23. The van der Waals surface area contributed by atoms with Crippen molar-refractivity contribution in [1.29, 1.82) is 0 Å². The van der Waals surface area contributed by atoms with E-state index >= 15 is 0 Å². The maximum absolute atomic E-state index is 11.8. The standard InChI is InChI=1S/C18H21NO6/c1-11-9-16(21)24-14-10-12(5-6-13(11)14)23-15(20)7-8-19-17(22)25-18(2,3)4/h5-6,9-10H,7-8H2,1-4H3,(H,19,22). The summed E-state index contributed by atoms with van der Waals surface area (Å²) in [6.45, 7) is 7.14. The number of esters is 1. The molecule has 0 aliphatic heterocycles. The third-order valence-corrected chi connectivity index (χ3v) is 3.15. The molecule has 1 aromatic heterocycles. The second-order valence-electron chi connectivity index (χ2n) is 6.56. The van der Waals surface area contributed by atoms with Gasteiger partial charge in [0.25, 0.3) is 0 Å². The van der Waals surface area contributed by atoms with Gasteiger partial charge in [0.1, 0.15) is 16.9 Å². The molecule has 1 aromatic carbocycles. The van der Waals surface area contributed by atoms with E-state index in [-0.39, 0.29) is 18.7 Å². The van der Waals surface area contributed by atoms with Gasteiger partial charge in [0, 0.05) is 24.1 Å². The highest BCUT2D eigenvalue weighted by atomic mass is 16.6. The maximum Gasteiger partial charge on any atom is 0.407 e. The zero-order chi connectivity index (χ0) is 18.6. The number of alkyl carbamates (subject to hydrolysis) is 1. The molecule has 0 saturated carbocycles. The minimum Gasteiger partial charge on any atom is -0.444 e. The predicted molar refractivity (Wildman–Crippen MR) is 91.7 cm³/mol. The Labute approximate surface area is 144 Å². The maximum atomic E-state index is 11.8. The molecule has 2 aromatic rings. The minimum atomic E-state index is -0.599. The summed E-state index contributed by atoms with van der Waals surface area (Å²) in [4.78, 5) is 34.7. The molecule has 1 heterocycles. The van der Waals surface area contributed by atoms with Crippen molar-refractivity contribution in [2.45, 2.75) is 39.7 Å². The van der Waals surface area contributed by atoms with Crippen LogP contribution in [0.4, 0.5) is 4.79 Å². The Morgan fingerprint density at radius 3 is 2.60 bits per heavy atom. The van der Waals surface area contributed by atoms with Gasteiger partial charge in [-0.15, -0.1) is 0 Å². The van der Waals surface area contributed by atoms with Crippen molar-refractivity contribution in [3.05, 3.63) is 40.2 Å². The highest BCUT2D eigenvalue weighted by molar-refractivity contribution is 5.82. The van der Waals surface area contributed by atoms with Crippen LogP contribution < -0.4 is 15.7 Å². The highest BCUT2D eigenvalue weighted by Crippen LogP contribution is 2.22. The average molecular weight is 347 g/mol. The van der Waals surface area contributed by atoms with E-state index in [2.05, 4.69) is 5.32 Å². The number of carbonyl (C=O) groups is 2. The molecule has 134 valence electrons. The second-order valence-corrected chi connectivity index (χ2v) is 6.56. The minimum absolute atomic E-state index is 0.0188. The number of hydrogen-bond donors (Lipinski definition) is 1. The molecule has 0 fully saturated rings. The Morgan fingerprint density at radius 1 is 1.20 bits per heavy atom. The zero-order valence-corrected chi connectivity index (χ0v) is 14.7. The molecule has 0 unspecified atom stereocenters. The normalized spacial score (nSPS) is 11.2. The summed E-state index contributed by atoms with van der Waals surface area (Å²) >= 11 is 0. The van der Waals surface area contributed by atoms with Crippen molar-refractivity contribution < 1.29 is 23.5 Å². The van der Waals surface area contributed by atoms with Crippen LogP contribution in [0.3, 0.4) is 0 Å². The van der Waals surface area contributed by atoms with Gasteiger partial charge in [-0.3, -0.25) is 4.79 Å². The lowest BCUT2D eigenvalue weighted by Gasteiger charge is -2.19. The third kappa shape index (κ3) is 5.63. The SMILES string of the molecule is Cc1cc(=O)oc2cc(OC(=O)CCNC(=O)OC(C)(C)C)ccc12. The van der Waals surface area contributed by atoms with E-state index in [0.29, 0.717) is 5.58 Å². The van der Waals surface area contributed by atoms with Gasteiger partial charge in [0.05, 0.1) is 6.42 Å². The lowest BCUT2D eigenvalue weighted by atomic mass is 10.1. The lowest BCUT2D eigenvalue weighted by Crippen LogP contribution is -2.34. The van der Waals surface area contributed by atoms with Gasteiger partial charge in [-0.25, -0.2) is 9.59 Å². The molecule has 0 spiro atoms. The molecule has 1 amide bonds. The Hall–Kier alpha value is -2.83. The number of aryl methyl sites for hydroxylation is 1. The van der Waals surface area contributed by atoms with Crippen LogP contribution in [0.1, 0.15) is 32.8 Å². The quantitative estimate of drug-likeness (QED) is 0.519. The smallest absolute Gasteiger partial charge is 0.407 e. The largest absolute Gasteiger partial charge is 0.444 e. The van der Waals surface area contributed by atoms with E-state index in [1.165, 1.54) is 12.1 Å². The van der Waals surface area contributed by atoms with Gasteiger partial charge in [0.2, 0.25) is 0 Å². The lowest BCUT2D eigenvalue weighted by molar-refractivity contribution is -0.134. The molecule has 7 heteroatoms. The number of benzene rings is 1. The molecule has 0 radical (unpaired) electrons. The van der Waals surface area contributed by atoms with Crippen molar-refractivity contribution in [3.63, 3.8) is 0 Å². The Kier molecular flexibility index (Phi) is 5.46. The fourth-order valence-corrected chi connectivity index (χ4v) is 2.13. The van der Waals surface area contributed by atoms with Crippen LogP contribution in [0.15, 0.2) is 33.5 Å². The van der Waals surface area contributed by atoms with Crippen LogP contribution in [0.25, 0.3) is 11.0 Å². The second kappa shape index (κ2) is 7.38. The molecule has 1 N–H and O–H groups in total. The van der Waals surface area contributed by atoms with E-state index in [1.54, 1.807) is 39.8 Å². The van der Waals surface area contributed by atoms with Gasteiger partial charge in [-0.2, -0.15) is 0 Å². The van der Waals surface area contributed by atoms with Crippen LogP contribution in [0.2, 0.25) is 0 Å². The summed E-state index contributed by atoms with van der Waals surface area (Å²) in [7, 11) is 0. The predicted octanol–water partition coefficient (Wildman–Crippen LogP) is 2.92. The monoisotopic (exact) mass is 347 g/mol. The summed E-state index contributed by atoms with van der Waals surface area (Å²) < 4.78 is 15.4. The number of rotatable bonds is 4. The first-order valence-electron chi connectivity index (χ1n) is 7.86. The Balaban J connectivity index is 1.91. The van der Waals surface area contributed by atoms with Crippen LogP contribution in [-0.2, 0) is 9.53 Å². The summed E-state index contributed by atoms with van der Waals surface area (Å²) in [6.07, 6.45) is -0.613. The molecule has 25 heavy (non-hydrogen) atoms. The van der Waals surface area contributed by atoms with Crippen molar-refractivity contribution in [3.8, 4) is 5.75 Å². The molecule has 0 atom stereocenters. The van der Waals surface area contributed by atoms with Crippen LogP contribution in [0, 0.1) is 6.92 Å². The molecule has 2 rings (SSSR count). The molecule has 0 bridgehead atoms. The summed E-state index contributed by atoms with van der Waals surface area (Å²) in [5.74, 6) is -0.256. The average Bonchev–Trinajstić information content (AvgIpc) is 2.44. The van der Waals surface area contributed by atoms with E-state index < -0.39 is 23.3 Å². The highest BCUT2D eigenvalue weighted by Gasteiger charge is 2.16. The molecule has 0 saturated heterocycles. The van der Waals surface area contributed by atoms with Gasteiger partial charge in [-0.1, -0.05) is 0 Å². The van der Waals surface area contributed by atoms with Crippen molar-refractivity contribution in [2.24, 2.45) is 0 Å². The molecule has 0 aliphatic rings. The first-order chi connectivity index (χ1) is 11.6. The Bertz CT molecular complexity index is 847. The Morgan fingerprint density at radius 2 is 1.92 bits per heavy atom. The number of hydrogen-bond acceptors (Lipinski definition) is 6. The topological polar surface area (TPSA) is 94.8 Å². The molecule has 7 nitrogen and oxygen atoms in total. The van der Waals surface area contributed by atoms with Gasteiger partial charge in [-0.05, 0) is 45.4 Å². The van der Waals surface area contributed by atoms with Gasteiger partial charge >= 0.3 is 17.7 Å². The van der Waals surface area contributed by atoms with Crippen LogP contribution >= 0.6 is 0 Å². The van der Waals surface area contributed by atoms with E-state index in [9.17, 15) is 14.4 Å². The van der Waals surface area contributed by atoms with E-state index in [1.807, 2.05) is 0 Å². The number of ether oxygens (including phenoxy) is 2. The van der Waals surface area contributed by atoms with Gasteiger partial charge in [0.15, 0.2) is 0 Å². The van der Waals surface area contributed by atoms with Crippen molar-refractivity contribution in [2.75, 3.05) is 6.54 Å². The number of carbonyl (C=O) groups excluding carboxylic acids is 2. The molecule has 0 aliphatic carbocycles. The van der Waals surface area contributed by atoms with Crippen LogP contribution in [0.5, 0.6) is 5.75 Å². The summed E-state index contributed by atoms with van der Waals surface area (Å²) in [5.41, 5.74) is 0.0699. The molecular formula is C18H21NO6. The van der Waals surface area contributed by atoms with Crippen molar-refractivity contribution in [1.82, 2.24) is 5.32 Å². The fourth-order valence-electron chi connectivity index (χ4n) is 2.13. The third-order valence-electron chi connectivity index (χ3n) is 3.15. The first kappa shape index (κ1) is 18.5. The first-order valence-corrected chi connectivity index (χ1v) is 7.86. The number of fused-ring (bicyclic) bond motifs is 1. The zero-order valence-electron chi connectivity index (χ0n) is 14.7. The van der Waals surface area contributed by atoms with Crippen LogP contribution in [-0.4, -0.2) is 24.2 Å². The molecular weight excluding hydrogens is 326 g/mol. The van der Waals surface area contributed by atoms with E-state index in [0.717, 1.165) is 10.9 Å². The van der Waals surface area contributed by atoms with E-state index in [4.69, 9.17) is 13.9 Å². The van der Waals surface area contributed by atoms with Gasteiger partial charge < -0.3 is 19.2 Å². The number of nitrogens with one attached hydrogen (secondary N) is 1. The van der Waals surface area contributed by atoms with Crippen molar-refractivity contribution >= 4 is 23.0 Å².